The number of rotatable bonds is 4. The molecule has 27 heavy (non-hydrogen) atoms. The van der Waals surface area contributed by atoms with Crippen molar-refractivity contribution in [2.24, 2.45) is 11.8 Å². The Bertz CT molecular complexity index is 920. The highest BCUT2D eigenvalue weighted by molar-refractivity contribution is 7.17. The summed E-state index contributed by atoms with van der Waals surface area (Å²) in [7, 11) is 0. The van der Waals surface area contributed by atoms with Crippen LogP contribution in [0.3, 0.4) is 0 Å². The molecule has 0 unspecified atom stereocenters. The molecule has 1 aliphatic heterocycles. The SMILES string of the molecule is CCc1nc2sc([C@H](c3ccc(C)cc3)N3C[C@H](C)C[C@@H](C)C3)c(O)n2n1. The van der Waals surface area contributed by atoms with Crippen LogP contribution in [-0.4, -0.2) is 37.7 Å². The van der Waals surface area contributed by atoms with E-state index >= 15 is 0 Å². The van der Waals surface area contributed by atoms with Crippen LogP contribution >= 0.6 is 11.3 Å². The summed E-state index contributed by atoms with van der Waals surface area (Å²) in [6, 6.07) is 8.73. The van der Waals surface area contributed by atoms with E-state index < -0.39 is 0 Å². The average Bonchev–Trinajstić information content (AvgIpc) is 3.16. The lowest BCUT2D eigenvalue weighted by molar-refractivity contribution is 0.112. The smallest absolute Gasteiger partial charge is 0.230 e. The summed E-state index contributed by atoms with van der Waals surface area (Å²) in [5, 5.41) is 15.5. The highest BCUT2D eigenvalue weighted by atomic mass is 32.1. The third kappa shape index (κ3) is 3.48. The molecule has 0 saturated carbocycles. The fraction of sp³-hybridized carbons (Fsp3) is 0.524. The molecule has 144 valence electrons. The quantitative estimate of drug-likeness (QED) is 0.723. The van der Waals surface area contributed by atoms with Crippen LogP contribution in [0, 0.1) is 18.8 Å². The van der Waals surface area contributed by atoms with Crippen molar-refractivity contribution in [1.29, 1.82) is 0 Å². The predicted molar refractivity (Wildman–Crippen MR) is 109 cm³/mol. The van der Waals surface area contributed by atoms with E-state index in [-0.39, 0.29) is 11.9 Å². The van der Waals surface area contributed by atoms with Gasteiger partial charge in [0.15, 0.2) is 5.82 Å². The number of hydrogen-bond acceptors (Lipinski definition) is 5. The van der Waals surface area contributed by atoms with E-state index in [0.717, 1.165) is 35.2 Å². The molecule has 1 aromatic carbocycles. The van der Waals surface area contributed by atoms with Crippen LogP contribution in [-0.2, 0) is 6.42 Å². The summed E-state index contributed by atoms with van der Waals surface area (Å²) in [6.45, 7) is 10.9. The lowest BCUT2D eigenvalue weighted by Gasteiger charge is -2.40. The van der Waals surface area contributed by atoms with Gasteiger partial charge in [0, 0.05) is 19.5 Å². The highest BCUT2D eigenvalue weighted by Crippen LogP contribution is 2.42. The molecule has 6 heteroatoms. The molecule has 3 aromatic rings. The molecule has 3 heterocycles. The Morgan fingerprint density at radius 3 is 2.44 bits per heavy atom. The molecule has 0 amide bonds. The lowest BCUT2D eigenvalue weighted by Crippen LogP contribution is -2.41. The minimum absolute atomic E-state index is 0.0365. The van der Waals surface area contributed by atoms with Gasteiger partial charge >= 0.3 is 0 Å². The van der Waals surface area contributed by atoms with E-state index in [0.29, 0.717) is 11.8 Å². The van der Waals surface area contributed by atoms with Crippen LogP contribution in [0.2, 0.25) is 0 Å². The molecular weight excluding hydrogens is 356 g/mol. The van der Waals surface area contributed by atoms with Crippen molar-refractivity contribution in [3.63, 3.8) is 0 Å². The van der Waals surface area contributed by atoms with Gasteiger partial charge in [-0.3, -0.25) is 4.90 Å². The Labute approximate surface area is 164 Å². The summed E-state index contributed by atoms with van der Waals surface area (Å²) in [6.07, 6.45) is 2.03. The Morgan fingerprint density at radius 2 is 1.85 bits per heavy atom. The van der Waals surface area contributed by atoms with Crippen molar-refractivity contribution < 1.29 is 5.11 Å². The second kappa shape index (κ2) is 7.24. The zero-order chi connectivity index (χ0) is 19.1. The molecule has 1 saturated heterocycles. The molecule has 0 radical (unpaired) electrons. The molecular formula is C21H28N4OS. The van der Waals surface area contributed by atoms with Gasteiger partial charge in [0.2, 0.25) is 10.8 Å². The maximum absolute atomic E-state index is 11.0. The fourth-order valence-electron chi connectivity index (χ4n) is 4.32. The summed E-state index contributed by atoms with van der Waals surface area (Å²) in [5.41, 5.74) is 2.47. The van der Waals surface area contributed by atoms with Crippen molar-refractivity contribution in [2.75, 3.05) is 13.1 Å². The van der Waals surface area contributed by atoms with E-state index in [9.17, 15) is 5.11 Å². The first-order valence-electron chi connectivity index (χ1n) is 9.84. The van der Waals surface area contributed by atoms with E-state index in [1.165, 1.54) is 17.5 Å². The van der Waals surface area contributed by atoms with E-state index in [4.69, 9.17) is 0 Å². The number of fused-ring (bicyclic) bond motifs is 1. The average molecular weight is 385 g/mol. The molecule has 1 fully saturated rings. The molecule has 0 bridgehead atoms. The third-order valence-corrected chi connectivity index (χ3v) is 6.54. The summed E-state index contributed by atoms with van der Waals surface area (Å²) in [4.78, 5) is 8.81. The standard InChI is InChI=1S/C21H28N4OS/c1-5-17-22-21-25(23-17)20(26)19(27-21)18(16-8-6-13(2)7-9-16)24-11-14(3)10-15(4)12-24/h6-9,14-15,18,26H,5,10-12H2,1-4H3/t14-,15-,18+/m1/s1. The van der Waals surface area contributed by atoms with Gasteiger partial charge in [-0.05, 0) is 30.7 Å². The number of aromatic nitrogens is 3. The van der Waals surface area contributed by atoms with Gasteiger partial charge in [-0.2, -0.15) is 4.52 Å². The number of benzene rings is 1. The van der Waals surface area contributed by atoms with Gasteiger partial charge in [0.25, 0.3) is 0 Å². The van der Waals surface area contributed by atoms with Crippen molar-refractivity contribution >= 4 is 16.3 Å². The van der Waals surface area contributed by atoms with Gasteiger partial charge in [-0.15, -0.1) is 5.10 Å². The fourth-order valence-corrected chi connectivity index (χ4v) is 5.45. The summed E-state index contributed by atoms with van der Waals surface area (Å²) < 4.78 is 1.61. The normalized spacial score (nSPS) is 22.4. The van der Waals surface area contributed by atoms with Crippen LogP contribution in [0.15, 0.2) is 24.3 Å². The van der Waals surface area contributed by atoms with Gasteiger partial charge in [0.1, 0.15) is 0 Å². The first-order chi connectivity index (χ1) is 13.0. The van der Waals surface area contributed by atoms with Crippen molar-refractivity contribution in [1.82, 2.24) is 19.5 Å². The highest BCUT2D eigenvalue weighted by Gasteiger charge is 2.33. The minimum atomic E-state index is 0.0365. The van der Waals surface area contributed by atoms with Gasteiger partial charge in [-0.25, -0.2) is 4.98 Å². The Balaban J connectivity index is 1.81. The maximum Gasteiger partial charge on any atom is 0.230 e. The largest absolute Gasteiger partial charge is 0.492 e. The topological polar surface area (TPSA) is 53.7 Å². The van der Waals surface area contributed by atoms with Gasteiger partial charge in [0.05, 0.1) is 10.9 Å². The molecule has 0 spiro atoms. The second-order valence-corrected chi connectivity index (χ2v) is 9.09. The van der Waals surface area contributed by atoms with Crippen molar-refractivity contribution in [3.05, 3.63) is 46.1 Å². The van der Waals surface area contributed by atoms with Crippen molar-refractivity contribution in [2.45, 2.75) is 46.6 Å². The lowest BCUT2D eigenvalue weighted by atomic mass is 9.89. The summed E-state index contributed by atoms with van der Waals surface area (Å²) in [5.74, 6) is 2.31. The van der Waals surface area contributed by atoms with Crippen LogP contribution in [0.5, 0.6) is 5.88 Å². The first-order valence-corrected chi connectivity index (χ1v) is 10.7. The summed E-state index contributed by atoms with van der Waals surface area (Å²) >= 11 is 1.56. The van der Waals surface area contributed by atoms with E-state index in [1.807, 2.05) is 6.92 Å². The number of thiazole rings is 1. The Hall–Kier alpha value is -1.92. The number of hydrogen-bond donors (Lipinski definition) is 1. The molecule has 5 nitrogen and oxygen atoms in total. The molecule has 1 aliphatic rings. The number of piperidine rings is 1. The zero-order valence-corrected chi connectivity index (χ0v) is 17.3. The minimum Gasteiger partial charge on any atom is -0.492 e. The Kier molecular flexibility index (Phi) is 4.95. The zero-order valence-electron chi connectivity index (χ0n) is 16.5. The molecule has 4 rings (SSSR count). The van der Waals surface area contributed by atoms with Gasteiger partial charge in [-0.1, -0.05) is 61.9 Å². The monoisotopic (exact) mass is 384 g/mol. The number of nitrogens with zero attached hydrogens (tertiary/aromatic N) is 4. The van der Waals surface area contributed by atoms with Crippen LogP contribution in [0.1, 0.15) is 55.1 Å². The molecule has 1 N–H and O–H groups in total. The number of aryl methyl sites for hydroxylation is 2. The predicted octanol–water partition coefficient (Wildman–Crippen LogP) is 4.43. The second-order valence-electron chi connectivity index (χ2n) is 8.08. The number of likely N-dealkylation sites (tertiary alicyclic amines) is 1. The Morgan fingerprint density at radius 1 is 1.19 bits per heavy atom. The molecule has 0 aliphatic carbocycles. The van der Waals surface area contributed by atoms with Crippen LogP contribution in [0.4, 0.5) is 0 Å². The van der Waals surface area contributed by atoms with E-state index in [1.54, 1.807) is 15.9 Å². The van der Waals surface area contributed by atoms with Crippen molar-refractivity contribution in [3.8, 4) is 5.88 Å². The van der Waals surface area contributed by atoms with Crippen LogP contribution in [0.25, 0.3) is 4.96 Å². The van der Waals surface area contributed by atoms with Gasteiger partial charge < -0.3 is 5.11 Å². The van der Waals surface area contributed by atoms with E-state index in [2.05, 4.69) is 60.0 Å². The molecule has 3 atom stereocenters. The maximum atomic E-state index is 11.0. The number of aromatic hydroxyl groups is 1. The molecule has 2 aromatic heterocycles. The van der Waals surface area contributed by atoms with Crippen LogP contribution < -0.4 is 0 Å². The first kappa shape index (κ1) is 18.4. The third-order valence-electron chi connectivity index (χ3n) is 5.46.